The molecule has 4 saturated carbocycles. The monoisotopic (exact) mass is 391 g/mol. The second kappa shape index (κ2) is 6.89. The number of piperidine rings is 1. The average Bonchev–Trinajstić information content (AvgIpc) is 2.71. The van der Waals surface area contributed by atoms with Gasteiger partial charge in [0.1, 0.15) is 6.61 Å². The molecule has 2 unspecified atom stereocenters. The Labute approximate surface area is 174 Å². The summed E-state index contributed by atoms with van der Waals surface area (Å²) in [5, 5.41) is 0. The third-order valence-electron chi connectivity index (χ3n) is 8.77. The molecule has 6 bridgehead atoms. The molecule has 5 fully saturated rings. The van der Waals surface area contributed by atoms with Gasteiger partial charge in [0.25, 0.3) is 0 Å². The number of hydrogen-bond donors (Lipinski definition) is 0. The molecule has 0 aromatic heterocycles. The molecule has 0 N–H and O–H groups in total. The number of fused-ring (bicyclic) bond motifs is 2. The van der Waals surface area contributed by atoms with Gasteiger partial charge in [0.15, 0.2) is 0 Å². The van der Waals surface area contributed by atoms with E-state index in [9.17, 15) is 4.79 Å². The molecule has 4 aliphatic carbocycles. The molecule has 6 aliphatic rings. The van der Waals surface area contributed by atoms with Crippen molar-refractivity contribution in [3.8, 4) is 0 Å². The lowest BCUT2D eigenvalue weighted by molar-refractivity contribution is -0.0384. The molecule has 154 valence electrons. The summed E-state index contributed by atoms with van der Waals surface area (Å²) in [7, 11) is 0. The van der Waals surface area contributed by atoms with Gasteiger partial charge >= 0.3 is 6.09 Å². The van der Waals surface area contributed by atoms with Crippen LogP contribution in [0.2, 0.25) is 0 Å². The largest absolute Gasteiger partial charge is 0.445 e. The van der Waals surface area contributed by atoms with E-state index in [1.165, 1.54) is 44.9 Å². The average molecular weight is 392 g/mol. The topological polar surface area (TPSA) is 29.5 Å². The molecule has 29 heavy (non-hydrogen) atoms. The molecule has 1 amide bonds. The molecule has 1 saturated heterocycles. The Balaban J connectivity index is 1.21. The first-order valence-corrected chi connectivity index (χ1v) is 11.9. The number of rotatable bonds is 3. The van der Waals surface area contributed by atoms with E-state index < -0.39 is 0 Å². The van der Waals surface area contributed by atoms with Crippen molar-refractivity contribution in [1.29, 1.82) is 0 Å². The third-order valence-corrected chi connectivity index (χ3v) is 8.77. The summed E-state index contributed by atoms with van der Waals surface area (Å²) in [6, 6.07) is 10.7. The number of nitrogens with zero attached hydrogens (tertiary/aromatic N) is 1. The number of carbonyl (C=O) groups is 1. The van der Waals surface area contributed by atoms with Crippen LogP contribution >= 0.6 is 0 Å². The van der Waals surface area contributed by atoms with E-state index >= 15 is 0 Å². The van der Waals surface area contributed by atoms with Gasteiger partial charge in [0.2, 0.25) is 0 Å². The molecule has 7 rings (SSSR count). The van der Waals surface area contributed by atoms with E-state index in [2.05, 4.69) is 11.0 Å². The fraction of sp³-hybridized carbons (Fsp3) is 0.654. The van der Waals surface area contributed by atoms with E-state index in [4.69, 9.17) is 4.74 Å². The zero-order valence-electron chi connectivity index (χ0n) is 17.4. The first kappa shape index (κ1) is 18.0. The minimum atomic E-state index is -0.107. The van der Waals surface area contributed by atoms with Crippen molar-refractivity contribution in [3.05, 3.63) is 47.5 Å². The van der Waals surface area contributed by atoms with Gasteiger partial charge in [-0.3, -0.25) is 4.90 Å². The maximum absolute atomic E-state index is 13.0. The fourth-order valence-electron chi connectivity index (χ4n) is 8.01. The molecule has 2 heterocycles. The lowest BCUT2D eigenvalue weighted by Gasteiger charge is -2.59. The quantitative estimate of drug-likeness (QED) is 0.583. The second-order valence-electron chi connectivity index (χ2n) is 10.7. The van der Waals surface area contributed by atoms with Crippen LogP contribution in [0.4, 0.5) is 4.79 Å². The van der Waals surface area contributed by atoms with Gasteiger partial charge in [-0.05, 0) is 92.9 Å². The van der Waals surface area contributed by atoms with Crippen LogP contribution in [-0.2, 0) is 11.3 Å². The Morgan fingerprint density at radius 1 is 1.00 bits per heavy atom. The van der Waals surface area contributed by atoms with Crippen molar-refractivity contribution in [1.82, 2.24) is 4.90 Å². The highest BCUT2D eigenvalue weighted by atomic mass is 16.6. The van der Waals surface area contributed by atoms with Crippen molar-refractivity contribution in [3.63, 3.8) is 0 Å². The molecule has 0 spiro atoms. The van der Waals surface area contributed by atoms with Crippen LogP contribution in [-0.4, -0.2) is 23.1 Å². The van der Waals surface area contributed by atoms with Gasteiger partial charge in [-0.25, -0.2) is 4.79 Å². The van der Waals surface area contributed by atoms with E-state index in [-0.39, 0.29) is 12.1 Å². The number of carbonyl (C=O) groups excluding carboxylic acids is 1. The molecule has 1 aromatic rings. The fourth-order valence-corrected chi connectivity index (χ4v) is 8.01. The highest BCUT2D eigenvalue weighted by Gasteiger charge is 2.54. The number of ether oxygens (including phenoxy) is 1. The van der Waals surface area contributed by atoms with E-state index in [1.54, 1.807) is 5.57 Å². The first-order chi connectivity index (χ1) is 14.2. The van der Waals surface area contributed by atoms with Crippen molar-refractivity contribution < 1.29 is 9.53 Å². The number of benzene rings is 1. The summed E-state index contributed by atoms with van der Waals surface area (Å²) in [4.78, 5) is 15.1. The lowest BCUT2D eigenvalue weighted by Crippen LogP contribution is -2.55. The van der Waals surface area contributed by atoms with E-state index in [1.807, 2.05) is 30.3 Å². The molecule has 3 nitrogen and oxygen atoms in total. The maximum atomic E-state index is 13.0. The summed E-state index contributed by atoms with van der Waals surface area (Å²) < 4.78 is 5.75. The van der Waals surface area contributed by atoms with Crippen LogP contribution in [0.25, 0.3) is 0 Å². The van der Waals surface area contributed by atoms with Crippen LogP contribution in [0, 0.1) is 23.2 Å². The highest BCUT2D eigenvalue weighted by Crippen LogP contribution is 2.64. The number of amides is 1. The van der Waals surface area contributed by atoms with Crippen molar-refractivity contribution in [2.24, 2.45) is 23.2 Å². The van der Waals surface area contributed by atoms with E-state index in [0.29, 0.717) is 18.1 Å². The van der Waals surface area contributed by atoms with Gasteiger partial charge in [0.05, 0.1) is 6.04 Å². The number of hydrogen-bond acceptors (Lipinski definition) is 2. The zero-order chi connectivity index (χ0) is 19.4. The summed E-state index contributed by atoms with van der Waals surface area (Å²) in [5.41, 5.74) is 3.29. The predicted molar refractivity (Wildman–Crippen MR) is 113 cm³/mol. The SMILES string of the molecule is O=C(OCc1ccccc1)N1C2C=C(C34CC5CC(CC(C5)C3)C4)CC1CCC2. The Hall–Kier alpha value is -1.77. The van der Waals surface area contributed by atoms with Gasteiger partial charge in [0, 0.05) is 6.04 Å². The van der Waals surface area contributed by atoms with Crippen molar-refractivity contribution in [2.75, 3.05) is 0 Å². The van der Waals surface area contributed by atoms with Gasteiger partial charge in [-0.15, -0.1) is 0 Å². The van der Waals surface area contributed by atoms with Crippen LogP contribution < -0.4 is 0 Å². The minimum absolute atomic E-state index is 0.107. The third kappa shape index (κ3) is 3.12. The molecule has 2 atom stereocenters. The Bertz CT molecular complexity index is 778. The van der Waals surface area contributed by atoms with Gasteiger partial charge in [-0.2, -0.15) is 0 Å². The van der Waals surface area contributed by atoms with Crippen LogP contribution in [0.15, 0.2) is 42.0 Å². The smallest absolute Gasteiger partial charge is 0.410 e. The lowest BCUT2D eigenvalue weighted by atomic mass is 9.47. The minimum Gasteiger partial charge on any atom is -0.445 e. The normalized spacial score (nSPS) is 39.9. The van der Waals surface area contributed by atoms with Gasteiger partial charge in [-0.1, -0.05) is 42.0 Å². The van der Waals surface area contributed by atoms with Crippen molar-refractivity contribution in [2.45, 2.75) is 82.9 Å². The summed E-state index contributed by atoms with van der Waals surface area (Å²) in [6.07, 6.45) is 15.8. The highest BCUT2D eigenvalue weighted by molar-refractivity contribution is 5.69. The van der Waals surface area contributed by atoms with Crippen LogP contribution in [0.1, 0.15) is 69.8 Å². The Kier molecular flexibility index (Phi) is 4.28. The molecule has 1 aromatic carbocycles. The summed E-state index contributed by atoms with van der Waals surface area (Å²) >= 11 is 0. The molecular formula is C26H33NO2. The van der Waals surface area contributed by atoms with Crippen molar-refractivity contribution >= 4 is 6.09 Å². The standard InChI is InChI=1S/C26H33NO2/c28-25(29-17-18-5-2-1-3-6-18)27-23-7-4-8-24(27)13-22(12-23)26-14-19-9-20(15-26)11-21(10-19)16-26/h1-3,5-6,12,19-21,23-24H,4,7-11,13-17H2. The molecule has 3 heteroatoms. The van der Waals surface area contributed by atoms with Gasteiger partial charge < -0.3 is 4.74 Å². The summed E-state index contributed by atoms with van der Waals surface area (Å²) in [6.45, 7) is 0.376. The van der Waals surface area contributed by atoms with Crippen LogP contribution in [0.3, 0.4) is 0 Å². The second-order valence-corrected chi connectivity index (χ2v) is 10.7. The molecular weight excluding hydrogens is 358 g/mol. The predicted octanol–water partition coefficient (Wildman–Crippen LogP) is 6.09. The Morgan fingerprint density at radius 3 is 2.34 bits per heavy atom. The Morgan fingerprint density at radius 2 is 1.69 bits per heavy atom. The molecule has 2 aliphatic heterocycles. The zero-order valence-corrected chi connectivity index (χ0v) is 17.4. The van der Waals surface area contributed by atoms with Crippen LogP contribution in [0.5, 0.6) is 0 Å². The maximum Gasteiger partial charge on any atom is 0.410 e. The summed E-state index contributed by atoms with van der Waals surface area (Å²) in [5.74, 6) is 2.95. The van der Waals surface area contributed by atoms with E-state index in [0.717, 1.165) is 42.6 Å². The molecule has 0 radical (unpaired) electrons. The first-order valence-electron chi connectivity index (χ1n) is 11.9.